The van der Waals surface area contributed by atoms with E-state index >= 15 is 0 Å². The van der Waals surface area contributed by atoms with Crippen LogP contribution in [0.4, 0.5) is 5.69 Å². The highest BCUT2D eigenvalue weighted by molar-refractivity contribution is 5.51. The topological polar surface area (TPSA) is 122 Å². The van der Waals surface area contributed by atoms with Crippen molar-refractivity contribution in [3.63, 3.8) is 0 Å². The first kappa shape index (κ1) is 12.9. The molecular formula is C10H11N3O4. The smallest absolute Gasteiger partial charge is 0.312 e. The van der Waals surface area contributed by atoms with E-state index in [4.69, 9.17) is 15.7 Å². The Labute approximate surface area is 97.2 Å². The average Bonchev–Trinajstić information content (AvgIpc) is 2.35. The van der Waals surface area contributed by atoms with Crippen LogP contribution in [0, 0.1) is 21.4 Å². The van der Waals surface area contributed by atoms with Crippen molar-refractivity contribution in [1.29, 1.82) is 5.26 Å². The van der Waals surface area contributed by atoms with Gasteiger partial charge in [-0.3, -0.25) is 10.1 Å². The minimum absolute atomic E-state index is 0.00139. The lowest BCUT2D eigenvalue weighted by molar-refractivity contribution is -0.385. The van der Waals surface area contributed by atoms with Gasteiger partial charge in [-0.25, -0.2) is 0 Å². The maximum absolute atomic E-state index is 10.7. The Morgan fingerprint density at radius 3 is 2.88 bits per heavy atom. The molecule has 7 heteroatoms. The van der Waals surface area contributed by atoms with Crippen molar-refractivity contribution in [2.24, 2.45) is 5.73 Å². The van der Waals surface area contributed by atoms with Crippen LogP contribution in [-0.2, 0) is 0 Å². The largest absolute Gasteiger partial charge is 0.484 e. The molecule has 1 rings (SSSR count). The van der Waals surface area contributed by atoms with Crippen molar-refractivity contribution in [3.05, 3.63) is 33.9 Å². The highest BCUT2D eigenvalue weighted by atomic mass is 16.6. The number of ether oxygens (including phenoxy) is 1. The third kappa shape index (κ3) is 3.41. The number of nitriles is 1. The van der Waals surface area contributed by atoms with E-state index in [2.05, 4.69) is 0 Å². The van der Waals surface area contributed by atoms with Gasteiger partial charge in [-0.05, 0) is 12.1 Å². The third-order valence-electron chi connectivity index (χ3n) is 1.99. The molecule has 1 aromatic rings. The fraction of sp³-hybridized carbons (Fsp3) is 0.300. The van der Waals surface area contributed by atoms with E-state index in [1.165, 1.54) is 12.1 Å². The van der Waals surface area contributed by atoms with E-state index in [0.717, 1.165) is 6.07 Å². The number of benzene rings is 1. The first-order valence-corrected chi connectivity index (χ1v) is 4.78. The quantitative estimate of drug-likeness (QED) is 0.555. The molecule has 0 aliphatic rings. The van der Waals surface area contributed by atoms with Crippen LogP contribution in [0.15, 0.2) is 18.2 Å². The summed E-state index contributed by atoms with van der Waals surface area (Å²) in [4.78, 5) is 10.1. The second-order valence-electron chi connectivity index (χ2n) is 3.25. The summed E-state index contributed by atoms with van der Waals surface area (Å²) in [7, 11) is 0. The van der Waals surface area contributed by atoms with E-state index in [-0.39, 0.29) is 30.2 Å². The Morgan fingerprint density at radius 1 is 1.65 bits per heavy atom. The number of aliphatic hydroxyl groups is 1. The summed E-state index contributed by atoms with van der Waals surface area (Å²) >= 11 is 0. The van der Waals surface area contributed by atoms with Crippen molar-refractivity contribution in [1.82, 2.24) is 0 Å². The molecule has 1 aromatic carbocycles. The van der Waals surface area contributed by atoms with Gasteiger partial charge in [0.25, 0.3) is 0 Å². The van der Waals surface area contributed by atoms with Crippen molar-refractivity contribution in [2.75, 3.05) is 13.2 Å². The third-order valence-corrected chi connectivity index (χ3v) is 1.99. The zero-order chi connectivity index (χ0) is 12.8. The molecular weight excluding hydrogens is 226 g/mol. The Morgan fingerprint density at radius 2 is 2.35 bits per heavy atom. The van der Waals surface area contributed by atoms with Crippen molar-refractivity contribution < 1.29 is 14.8 Å². The Bertz CT molecular complexity index is 455. The standard InChI is InChI=1S/C10H11N3O4/c11-4-7-1-2-10(9(3-7)13(15)16)17-6-8(14)5-12/h1-3,8,14H,5-6,12H2. The van der Waals surface area contributed by atoms with Gasteiger partial charge in [0.1, 0.15) is 12.7 Å². The van der Waals surface area contributed by atoms with Gasteiger partial charge in [-0.2, -0.15) is 5.26 Å². The van der Waals surface area contributed by atoms with Crippen LogP contribution in [0.2, 0.25) is 0 Å². The molecule has 17 heavy (non-hydrogen) atoms. The lowest BCUT2D eigenvalue weighted by Crippen LogP contribution is -2.26. The highest BCUT2D eigenvalue weighted by Gasteiger charge is 2.16. The van der Waals surface area contributed by atoms with Crippen LogP contribution in [0.5, 0.6) is 5.75 Å². The zero-order valence-corrected chi connectivity index (χ0v) is 8.87. The second-order valence-corrected chi connectivity index (χ2v) is 3.25. The molecule has 0 aromatic heterocycles. The van der Waals surface area contributed by atoms with Crippen LogP contribution in [0.25, 0.3) is 0 Å². The van der Waals surface area contributed by atoms with E-state index in [1.54, 1.807) is 6.07 Å². The lowest BCUT2D eigenvalue weighted by Gasteiger charge is -2.10. The van der Waals surface area contributed by atoms with Gasteiger partial charge in [0.05, 0.1) is 16.6 Å². The number of hydrogen-bond donors (Lipinski definition) is 2. The number of nitro benzene ring substituents is 1. The summed E-state index contributed by atoms with van der Waals surface area (Å²) in [5.41, 5.74) is 5.03. The van der Waals surface area contributed by atoms with E-state index in [0.29, 0.717) is 0 Å². The summed E-state index contributed by atoms with van der Waals surface area (Å²) in [6.07, 6.45) is -0.884. The molecule has 0 aliphatic carbocycles. The van der Waals surface area contributed by atoms with Crippen molar-refractivity contribution in [2.45, 2.75) is 6.10 Å². The second kappa shape index (κ2) is 5.79. The molecule has 0 saturated carbocycles. The highest BCUT2D eigenvalue weighted by Crippen LogP contribution is 2.27. The summed E-state index contributed by atoms with van der Waals surface area (Å²) < 4.78 is 5.07. The van der Waals surface area contributed by atoms with Gasteiger partial charge >= 0.3 is 5.69 Å². The number of nitrogens with two attached hydrogens (primary N) is 1. The fourth-order valence-corrected chi connectivity index (χ4v) is 1.11. The van der Waals surface area contributed by atoms with Gasteiger partial charge in [0.2, 0.25) is 0 Å². The lowest BCUT2D eigenvalue weighted by atomic mass is 10.2. The molecule has 1 atom stereocenters. The summed E-state index contributed by atoms with van der Waals surface area (Å²) in [6, 6.07) is 5.63. The number of rotatable bonds is 5. The van der Waals surface area contributed by atoms with Crippen LogP contribution in [0.3, 0.4) is 0 Å². The fourth-order valence-electron chi connectivity index (χ4n) is 1.11. The number of nitro groups is 1. The van der Waals surface area contributed by atoms with E-state index < -0.39 is 11.0 Å². The molecule has 0 spiro atoms. The summed E-state index contributed by atoms with van der Waals surface area (Å²) in [6.45, 7) is -0.132. The average molecular weight is 237 g/mol. The molecule has 7 nitrogen and oxygen atoms in total. The van der Waals surface area contributed by atoms with E-state index in [9.17, 15) is 15.2 Å². The van der Waals surface area contributed by atoms with Crippen molar-refractivity contribution in [3.8, 4) is 11.8 Å². The first-order valence-electron chi connectivity index (χ1n) is 4.78. The molecule has 3 N–H and O–H groups in total. The SMILES string of the molecule is N#Cc1ccc(OCC(O)CN)c([N+](=O)[O-])c1. The first-order chi connectivity index (χ1) is 8.08. The van der Waals surface area contributed by atoms with Crippen LogP contribution < -0.4 is 10.5 Å². The van der Waals surface area contributed by atoms with Gasteiger partial charge in [-0.1, -0.05) is 0 Å². The molecule has 0 fully saturated rings. The molecule has 90 valence electrons. The van der Waals surface area contributed by atoms with Gasteiger partial charge in [0.15, 0.2) is 5.75 Å². The predicted molar refractivity (Wildman–Crippen MR) is 58.4 cm³/mol. The zero-order valence-electron chi connectivity index (χ0n) is 8.87. The molecule has 1 unspecified atom stereocenters. The Hall–Kier alpha value is -2.17. The number of hydrogen-bond acceptors (Lipinski definition) is 6. The minimum Gasteiger partial charge on any atom is -0.484 e. The normalized spacial score (nSPS) is 11.6. The Kier molecular flexibility index (Phi) is 4.39. The maximum Gasteiger partial charge on any atom is 0.312 e. The number of aliphatic hydroxyl groups excluding tert-OH is 1. The van der Waals surface area contributed by atoms with Gasteiger partial charge in [-0.15, -0.1) is 0 Å². The summed E-state index contributed by atoms with van der Waals surface area (Å²) in [5, 5.41) is 28.5. The van der Waals surface area contributed by atoms with Crippen molar-refractivity contribution >= 4 is 5.69 Å². The number of nitrogens with zero attached hydrogens (tertiary/aromatic N) is 2. The van der Waals surface area contributed by atoms with Gasteiger partial charge in [0, 0.05) is 12.6 Å². The maximum atomic E-state index is 10.7. The molecule has 0 heterocycles. The minimum atomic E-state index is -0.884. The predicted octanol–water partition coefficient (Wildman–Crippen LogP) is 0.165. The summed E-state index contributed by atoms with van der Waals surface area (Å²) in [5.74, 6) is 0.00139. The van der Waals surface area contributed by atoms with E-state index in [1.807, 2.05) is 0 Å². The molecule has 0 radical (unpaired) electrons. The monoisotopic (exact) mass is 237 g/mol. The molecule has 0 saturated heterocycles. The molecule has 0 amide bonds. The van der Waals surface area contributed by atoms with Crippen LogP contribution in [0.1, 0.15) is 5.56 Å². The molecule has 0 bridgehead atoms. The van der Waals surface area contributed by atoms with Gasteiger partial charge < -0.3 is 15.6 Å². The molecule has 0 aliphatic heterocycles. The van der Waals surface area contributed by atoms with Crippen LogP contribution in [-0.4, -0.2) is 29.3 Å². The Balaban J connectivity index is 2.92. The van der Waals surface area contributed by atoms with Crippen LogP contribution >= 0.6 is 0 Å².